The lowest BCUT2D eigenvalue weighted by Gasteiger charge is -2.16. The Morgan fingerprint density at radius 3 is 2.79 bits per heavy atom. The SMILES string of the molecule is FSNCc1ccc2c(c1)CCCC2. The average molecular weight is 211 g/mol. The Hall–Kier alpha value is -0.540. The highest BCUT2D eigenvalue weighted by atomic mass is 32.2. The van der Waals surface area contributed by atoms with Gasteiger partial charge in [-0.1, -0.05) is 18.2 Å². The van der Waals surface area contributed by atoms with Gasteiger partial charge in [0.15, 0.2) is 0 Å². The van der Waals surface area contributed by atoms with Crippen LogP contribution in [-0.2, 0) is 19.4 Å². The van der Waals surface area contributed by atoms with Crippen molar-refractivity contribution < 1.29 is 3.89 Å². The van der Waals surface area contributed by atoms with Crippen molar-refractivity contribution in [3.63, 3.8) is 0 Å². The molecule has 0 saturated carbocycles. The quantitative estimate of drug-likeness (QED) is 0.771. The highest BCUT2D eigenvalue weighted by Gasteiger charge is 2.08. The topological polar surface area (TPSA) is 12.0 Å². The molecule has 0 fully saturated rings. The lowest BCUT2D eigenvalue weighted by atomic mass is 9.90. The third-order valence-electron chi connectivity index (χ3n) is 2.74. The van der Waals surface area contributed by atoms with Crippen LogP contribution in [0.25, 0.3) is 0 Å². The smallest absolute Gasteiger partial charge is 0.131 e. The van der Waals surface area contributed by atoms with Gasteiger partial charge in [0.2, 0.25) is 0 Å². The van der Waals surface area contributed by atoms with E-state index in [1.54, 1.807) is 0 Å². The third kappa shape index (κ3) is 2.28. The van der Waals surface area contributed by atoms with Crippen molar-refractivity contribution in [3.05, 3.63) is 34.9 Å². The molecule has 0 bridgehead atoms. The Kier molecular flexibility index (Phi) is 3.43. The number of rotatable bonds is 3. The van der Waals surface area contributed by atoms with E-state index in [4.69, 9.17) is 0 Å². The molecule has 0 amide bonds. The molecule has 1 aliphatic rings. The zero-order valence-corrected chi connectivity index (χ0v) is 8.87. The molecule has 2 rings (SSSR count). The van der Waals surface area contributed by atoms with Crippen molar-refractivity contribution in [2.24, 2.45) is 0 Å². The van der Waals surface area contributed by atoms with Crippen molar-refractivity contribution in [3.8, 4) is 0 Å². The fourth-order valence-corrected chi connectivity index (χ4v) is 2.23. The van der Waals surface area contributed by atoms with E-state index in [2.05, 4.69) is 22.9 Å². The highest BCUT2D eigenvalue weighted by Crippen LogP contribution is 2.22. The first-order valence-corrected chi connectivity index (χ1v) is 5.73. The van der Waals surface area contributed by atoms with E-state index in [0.717, 1.165) is 0 Å². The fraction of sp³-hybridized carbons (Fsp3) is 0.455. The number of benzene rings is 1. The maximum Gasteiger partial charge on any atom is 0.131 e. The Bertz CT molecular complexity index is 314. The molecule has 0 spiro atoms. The van der Waals surface area contributed by atoms with E-state index in [-0.39, 0.29) is 12.3 Å². The van der Waals surface area contributed by atoms with Crippen molar-refractivity contribution in [2.45, 2.75) is 32.2 Å². The second-order valence-corrected chi connectivity index (χ2v) is 4.15. The minimum atomic E-state index is 0.184. The predicted molar refractivity (Wildman–Crippen MR) is 58.6 cm³/mol. The molecule has 1 N–H and O–H groups in total. The van der Waals surface area contributed by atoms with Crippen LogP contribution in [0.5, 0.6) is 0 Å². The molecule has 3 heteroatoms. The summed E-state index contributed by atoms with van der Waals surface area (Å²) in [7, 11) is 0. The van der Waals surface area contributed by atoms with Gasteiger partial charge >= 0.3 is 0 Å². The molecule has 0 atom stereocenters. The maximum atomic E-state index is 11.8. The van der Waals surface area contributed by atoms with E-state index in [9.17, 15) is 3.89 Å². The van der Waals surface area contributed by atoms with Crippen LogP contribution in [0.2, 0.25) is 0 Å². The molecule has 0 radical (unpaired) electrons. The summed E-state index contributed by atoms with van der Waals surface area (Å²) in [6.45, 7) is 0.606. The molecule has 0 saturated heterocycles. The number of aryl methyl sites for hydroxylation is 2. The summed E-state index contributed by atoms with van der Waals surface area (Å²) in [5, 5.41) is 0. The zero-order chi connectivity index (χ0) is 9.80. The first-order valence-electron chi connectivity index (χ1n) is 5.01. The molecule has 0 aromatic heterocycles. The van der Waals surface area contributed by atoms with Gasteiger partial charge in [-0.25, -0.2) is 4.72 Å². The maximum absolute atomic E-state index is 11.8. The second-order valence-electron chi connectivity index (χ2n) is 3.71. The number of fused-ring (bicyclic) bond motifs is 1. The van der Waals surface area contributed by atoms with Gasteiger partial charge in [0, 0.05) is 6.54 Å². The van der Waals surface area contributed by atoms with E-state index in [0.29, 0.717) is 6.54 Å². The van der Waals surface area contributed by atoms with Crippen LogP contribution in [0.4, 0.5) is 3.89 Å². The number of halogens is 1. The molecule has 1 nitrogen and oxygen atoms in total. The van der Waals surface area contributed by atoms with Gasteiger partial charge < -0.3 is 0 Å². The van der Waals surface area contributed by atoms with Gasteiger partial charge in [-0.05, 0) is 42.4 Å². The lowest BCUT2D eigenvalue weighted by molar-refractivity contribution is 0.684. The first kappa shape index (κ1) is 9.99. The summed E-state index contributed by atoms with van der Waals surface area (Å²) in [5.74, 6) is 0. The van der Waals surface area contributed by atoms with Crippen LogP contribution in [0, 0.1) is 0 Å². The summed E-state index contributed by atoms with van der Waals surface area (Å²) in [4.78, 5) is 0. The van der Waals surface area contributed by atoms with Gasteiger partial charge in [0.1, 0.15) is 12.3 Å². The van der Waals surface area contributed by atoms with Gasteiger partial charge in [-0.3, -0.25) is 0 Å². The normalized spacial score (nSPS) is 15.2. The average Bonchev–Trinajstić information content (AvgIpc) is 2.26. The molecular formula is C11H14FNS. The predicted octanol–water partition coefficient (Wildman–Crippen LogP) is 3.19. The minimum Gasteiger partial charge on any atom is -0.231 e. The molecule has 0 aliphatic heterocycles. The standard InChI is InChI=1S/C11H14FNS/c12-14-13-8-9-5-6-10-3-1-2-4-11(10)7-9/h5-7,13H,1-4,8H2. The van der Waals surface area contributed by atoms with E-state index in [1.165, 1.54) is 42.4 Å². The Morgan fingerprint density at radius 2 is 2.00 bits per heavy atom. The van der Waals surface area contributed by atoms with Crippen LogP contribution in [0.1, 0.15) is 29.5 Å². The summed E-state index contributed by atoms with van der Waals surface area (Å²) in [5.41, 5.74) is 4.11. The fourth-order valence-electron chi connectivity index (χ4n) is 2.01. The monoisotopic (exact) mass is 211 g/mol. The lowest BCUT2D eigenvalue weighted by Crippen LogP contribution is -2.06. The number of nitrogens with one attached hydrogen (secondary N) is 1. The zero-order valence-electron chi connectivity index (χ0n) is 8.05. The van der Waals surface area contributed by atoms with Gasteiger partial charge in [0.25, 0.3) is 0 Å². The molecule has 1 aromatic rings. The number of hydrogen-bond donors (Lipinski definition) is 1. The van der Waals surface area contributed by atoms with Crippen LogP contribution < -0.4 is 4.72 Å². The number of hydrogen-bond acceptors (Lipinski definition) is 2. The van der Waals surface area contributed by atoms with Crippen LogP contribution in [0.15, 0.2) is 18.2 Å². The van der Waals surface area contributed by atoms with E-state index < -0.39 is 0 Å². The third-order valence-corrected chi connectivity index (χ3v) is 3.00. The summed E-state index contributed by atoms with van der Waals surface area (Å²) >= 11 is 0.184. The largest absolute Gasteiger partial charge is 0.231 e. The highest BCUT2D eigenvalue weighted by molar-refractivity contribution is 7.92. The molecule has 1 aromatic carbocycles. The molecule has 1 aliphatic carbocycles. The van der Waals surface area contributed by atoms with Crippen molar-refractivity contribution >= 4 is 12.3 Å². The Balaban J connectivity index is 2.12. The van der Waals surface area contributed by atoms with Gasteiger partial charge in [0.05, 0.1) is 0 Å². The second kappa shape index (κ2) is 4.80. The van der Waals surface area contributed by atoms with Crippen molar-refractivity contribution in [1.82, 2.24) is 4.72 Å². The van der Waals surface area contributed by atoms with Crippen molar-refractivity contribution in [2.75, 3.05) is 0 Å². The molecule has 0 heterocycles. The molecular weight excluding hydrogens is 197 g/mol. The van der Waals surface area contributed by atoms with Crippen LogP contribution in [-0.4, -0.2) is 0 Å². The van der Waals surface area contributed by atoms with Crippen molar-refractivity contribution in [1.29, 1.82) is 0 Å². The van der Waals surface area contributed by atoms with E-state index in [1.807, 2.05) is 0 Å². The van der Waals surface area contributed by atoms with Gasteiger partial charge in [-0.2, -0.15) is 0 Å². The Labute approximate surface area is 88.5 Å². The summed E-state index contributed by atoms with van der Waals surface area (Å²) in [6.07, 6.45) is 5.00. The molecule has 0 unspecified atom stereocenters. The van der Waals surface area contributed by atoms with Crippen LogP contribution >= 0.6 is 12.3 Å². The summed E-state index contributed by atoms with van der Waals surface area (Å²) in [6, 6.07) is 6.49. The first-order chi connectivity index (χ1) is 6.90. The Morgan fingerprint density at radius 1 is 1.21 bits per heavy atom. The van der Waals surface area contributed by atoms with Gasteiger partial charge in [-0.15, -0.1) is 3.89 Å². The summed E-state index contributed by atoms with van der Waals surface area (Å²) < 4.78 is 14.4. The van der Waals surface area contributed by atoms with Crippen LogP contribution in [0.3, 0.4) is 0 Å². The minimum absolute atomic E-state index is 0.184. The molecule has 76 valence electrons. The van der Waals surface area contributed by atoms with E-state index >= 15 is 0 Å². The molecule has 14 heavy (non-hydrogen) atoms.